The van der Waals surface area contributed by atoms with E-state index in [1.807, 2.05) is 30.3 Å². The van der Waals surface area contributed by atoms with Crippen molar-refractivity contribution in [1.29, 1.82) is 0 Å². The second kappa shape index (κ2) is 6.75. The number of hydrogen-bond acceptors (Lipinski definition) is 4. The SMILES string of the molecule is CC1CCCCN1c1nc2cc(C(=O)O)ccc2nc1-c1ccccc1. The maximum atomic E-state index is 11.3. The van der Waals surface area contributed by atoms with Crippen LogP contribution >= 0.6 is 0 Å². The molecule has 3 aromatic rings. The van der Waals surface area contributed by atoms with E-state index >= 15 is 0 Å². The van der Waals surface area contributed by atoms with Gasteiger partial charge in [-0.2, -0.15) is 0 Å². The molecule has 5 heteroatoms. The molecule has 4 rings (SSSR count). The topological polar surface area (TPSA) is 66.3 Å². The van der Waals surface area contributed by atoms with Crippen molar-refractivity contribution in [2.24, 2.45) is 0 Å². The molecule has 1 N–H and O–H groups in total. The third-order valence-electron chi connectivity index (χ3n) is 5.02. The first kappa shape index (κ1) is 16.5. The van der Waals surface area contributed by atoms with Gasteiger partial charge in [-0.25, -0.2) is 14.8 Å². The minimum Gasteiger partial charge on any atom is -0.478 e. The number of hydrogen-bond donors (Lipinski definition) is 1. The molecule has 0 aliphatic carbocycles. The second-order valence-electron chi connectivity index (χ2n) is 6.81. The molecule has 0 radical (unpaired) electrons. The van der Waals surface area contributed by atoms with Crippen LogP contribution in [0.2, 0.25) is 0 Å². The Bertz CT molecular complexity index is 956. The number of benzene rings is 2. The van der Waals surface area contributed by atoms with Crippen LogP contribution < -0.4 is 4.90 Å². The van der Waals surface area contributed by atoms with Gasteiger partial charge < -0.3 is 10.0 Å². The number of carboxylic acid groups (broad SMARTS) is 1. The summed E-state index contributed by atoms with van der Waals surface area (Å²) < 4.78 is 0. The van der Waals surface area contributed by atoms with Crippen molar-refractivity contribution in [1.82, 2.24) is 9.97 Å². The first-order valence-corrected chi connectivity index (χ1v) is 9.00. The number of carbonyl (C=O) groups is 1. The van der Waals surface area contributed by atoms with Crippen molar-refractivity contribution < 1.29 is 9.90 Å². The molecule has 1 saturated heterocycles. The van der Waals surface area contributed by atoms with Crippen LogP contribution in [0.15, 0.2) is 48.5 Å². The summed E-state index contributed by atoms with van der Waals surface area (Å²) in [6.07, 6.45) is 3.49. The first-order chi connectivity index (χ1) is 12.6. The lowest BCUT2D eigenvalue weighted by Gasteiger charge is -2.35. The molecule has 0 amide bonds. The number of fused-ring (bicyclic) bond motifs is 1. The van der Waals surface area contributed by atoms with Gasteiger partial charge in [0.15, 0.2) is 5.82 Å². The number of piperidine rings is 1. The molecular weight excluding hydrogens is 326 g/mol. The Morgan fingerprint density at radius 1 is 1.08 bits per heavy atom. The van der Waals surface area contributed by atoms with E-state index in [0.717, 1.165) is 36.5 Å². The average molecular weight is 347 g/mol. The monoisotopic (exact) mass is 347 g/mol. The first-order valence-electron chi connectivity index (χ1n) is 9.00. The van der Waals surface area contributed by atoms with Crippen LogP contribution in [0.3, 0.4) is 0 Å². The summed E-state index contributed by atoms with van der Waals surface area (Å²) in [7, 11) is 0. The molecule has 0 saturated carbocycles. The highest BCUT2D eigenvalue weighted by atomic mass is 16.4. The molecule has 2 heterocycles. The molecule has 26 heavy (non-hydrogen) atoms. The number of carboxylic acids is 1. The lowest BCUT2D eigenvalue weighted by Crippen LogP contribution is -2.38. The van der Waals surface area contributed by atoms with E-state index in [0.29, 0.717) is 17.1 Å². The molecule has 5 nitrogen and oxygen atoms in total. The fourth-order valence-electron chi connectivity index (χ4n) is 3.58. The number of rotatable bonds is 3. The van der Waals surface area contributed by atoms with E-state index in [1.165, 1.54) is 6.42 Å². The second-order valence-corrected chi connectivity index (χ2v) is 6.81. The molecule has 1 aliphatic rings. The molecule has 1 fully saturated rings. The van der Waals surface area contributed by atoms with E-state index in [2.05, 4.69) is 11.8 Å². The minimum atomic E-state index is -0.950. The van der Waals surface area contributed by atoms with Crippen molar-refractivity contribution in [3.8, 4) is 11.3 Å². The molecule has 0 spiro atoms. The standard InChI is InChI=1S/C21H21N3O2/c1-14-7-5-6-12-24(14)20-19(15-8-3-2-4-9-15)22-17-11-10-16(21(25)26)13-18(17)23-20/h2-4,8-11,13-14H,5-7,12H2,1H3,(H,25,26). The molecule has 1 unspecified atom stereocenters. The Balaban J connectivity index is 1.93. The van der Waals surface area contributed by atoms with Crippen molar-refractivity contribution in [2.45, 2.75) is 32.2 Å². The molecule has 2 aromatic carbocycles. The maximum absolute atomic E-state index is 11.3. The Kier molecular flexibility index (Phi) is 4.29. The largest absolute Gasteiger partial charge is 0.478 e. The van der Waals surface area contributed by atoms with Crippen LogP contribution in [0.4, 0.5) is 5.82 Å². The third-order valence-corrected chi connectivity index (χ3v) is 5.02. The van der Waals surface area contributed by atoms with Gasteiger partial charge in [-0.3, -0.25) is 0 Å². The summed E-state index contributed by atoms with van der Waals surface area (Å²) in [5.74, 6) is -0.104. The fourth-order valence-corrected chi connectivity index (χ4v) is 3.58. The zero-order valence-electron chi connectivity index (χ0n) is 14.7. The van der Waals surface area contributed by atoms with Crippen LogP contribution in [0.5, 0.6) is 0 Å². The highest BCUT2D eigenvalue weighted by molar-refractivity contribution is 5.93. The highest BCUT2D eigenvalue weighted by Crippen LogP contribution is 2.33. The van der Waals surface area contributed by atoms with E-state index in [9.17, 15) is 9.90 Å². The van der Waals surface area contributed by atoms with E-state index in [1.54, 1.807) is 18.2 Å². The number of nitrogens with zero attached hydrogens (tertiary/aromatic N) is 3. The van der Waals surface area contributed by atoms with Gasteiger partial charge in [0.2, 0.25) is 0 Å². The summed E-state index contributed by atoms with van der Waals surface area (Å²) in [5, 5.41) is 9.28. The summed E-state index contributed by atoms with van der Waals surface area (Å²) >= 11 is 0. The number of aromatic nitrogens is 2. The number of aromatic carboxylic acids is 1. The normalized spacial score (nSPS) is 17.4. The Labute approximate surface area is 152 Å². The lowest BCUT2D eigenvalue weighted by molar-refractivity contribution is 0.0697. The molecule has 1 atom stereocenters. The van der Waals surface area contributed by atoms with E-state index in [4.69, 9.17) is 9.97 Å². The highest BCUT2D eigenvalue weighted by Gasteiger charge is 2.24. The minimum absolute atomic E-state index is 0.233. The van der Waals surface area contributed by atoms with Crippen LogP contribution in [0.25, 0.3) is 22.3 Å². The van der Waals surface area contributed by atoms with Crippen molar-refractivity contribution >= 4 is 22.8 Å². The smallest absolute Gasteiger partial charge is 0.335 e. The predicted octanol–water partition coefficient (Wildman–Crippen LogP) is 4.37. The van der Waals surface area contributed by atoms with Crippen LogP contribution in [0.1, 0.15) is 36.5 Å². The molecule has 0 bridgehead atoms. The van der Waals surface area contributed by atoms with Crippen LogP contribution in [-0.4, -0.2) is 33.6 Å². The zero-order chi connectivity index (χ0) is 18.1. The Hall–Kier alpha value is -2.95. The fraction of sp³-hybridized carbons (Fsp3) is 0.286. The van der Waals surface area contributed by atoms with Gasteiger partial charge in [0.05, 0.1) is 16.6 Å². The summed E-state index contributed by atoms with van der Waals surface area (Å²) in [5.41, 5.74) is 3.45. The van der Waals surface area contributed by atoms with Gasteiger partial charge in [-0.1, -0.05) is 30.3 Å². The van der Waals surface area contributed by atoms with Gasteiger partial charge in [0.25, 0.3) is 0 Å². The Morgan fingerprint density at radius 2 is 1.88 bits per heavy atom. The maximum Gasteiger partial charge on any atom is 0.335 e. The molecule has 1 aromatic heterocycles. The van der Waals surface area contributed by atoms with E-state index < -0.39 is 5.97 Å². The lowest BCUT2D eigenvalue weighted by atomic mass is 10.0. The summed E-state index contributed by atoms with van der Waals surface area (Å²) in [6.45, 7) is 3.16. The zero-order valence-corrected chi connectivity index (χ0v) is 14.7. The molecule has 132 valence electrons. The summed E-state index contributed by atoms with van der Waals surface area (Å²) in [4.78, 5) is 23.4. The molecular formula is C21H21N3O2. The van der Waals surface area contributed by atoms with Crippen LogP contribution in [0, 0.1) is 0 Å². The Morgan fingerprint density at radius 3 is 2.62 bits per heavy atom. The predicted molar refractivity (Wildman–Crippen MR) is 103 cm³/mol. The van der Waals surface area contributed by atoms with Crippen molar-refractivity contribution in [3.63, 3.8) is 0 Å². The van der Waals surface area contributed by atoms with Gasteiger partial charge in [0.1, 0.15) is 5.69 Å². The van der Waals surface area contributed by atoms with Crippen LogP contribution in [-0.2, 0) is 0 Å². The van der Waals surface area contributed by atoms with Crippen molar-refractivity contribution in [2.75, 3.05) is 11.4 Å². The molecule has 1 aliphatic heterocycles. The van der Waals surface area contributed by atoms with Gasteiger partial charge in [-0.05, 0) is 44.4 Å². The van der Waals surface area contributed by atoms with Crippen molar-refractivity contribution in [3.05, 3.63) is 54.1 Å². The van der Waals surface area contributed by atoms with Gasteiger partial charge in [0, 0.05) is 18.2 Å². The third kappa shape index (κ3) is 3.01. The van der Waals surface area contributed by atoms with Gasteiger partial charge in [-0.15, -0.1) is 0 Å². The average Bonchev–Trinajstić information content (AvgIpc) is 2.67. The quantitative estimate of drug-likeness (QED) is 0.762. The van der Waals surface area contributed by atoms with E-state index in [-0.39, 0.29) is 5.56 Å². The number of anilines is 1. The summed E-state index contributed by atoms with van der Waals surface area (Å²) in [6, 6.07) is 15.4. The van der Waals surface area contributed by atoms with Gasteiger partial charge >= 0.3 is 5.97 Å².